The van der Waals surface area contributed by atoms with E-state index in [9.17, 15) is 4.79 Å². The van der Waals surface area contributed by atoms with Gasteiger partial charge in [0.2, 0.25) is 0 Å². The largest absolute Gasteiger partial charge is 0.480 e. The normalized spacial score (nSPS) is 26.5. The van der Waals surface area contributed by atoms with E-state index in [1.807, 2.05) is 6.92 Å². The predicted molar refractivity (Wildman–Crippen MR) is 52.6 cm³/mol. The van der Waals surface area contributed by atoms with Gasteiger partial charge in [0, 0.05) is 5.92 Å². The van der Waals surface area contributed by atoms with Crippen LogP contribution < -0.4 is 5.32 Å². The molecule has 82 valence electrons. The molecule has 2 heterocycles. The standard InChI is InChI=1S/C10H14N2O3/c1-6-5-15-9(12-6)7-2-3-11-8(4-7)10(13)14/h5,7-8,11H,2-4H2,1H3,(H,13,14). The van der Waals surface area contributed by atoms with E-state index in [0.717, 1.165) is 12.1 Å². The van der Waals surface area contributed by atoms with E-state index in [1.54, 1.807) is 6.26 Å². The number of aryl methyl sites for hydroxylation is 1. The lowest BCUT2D eigenvalue weighted by atomic mass is 9.92. The second-order valence-electron chi connectivity index (χ2n) is 3.89. The first-order chi connectivity index (χ1) is 7.16. The summed E-state index contributed by atoms with van der Waals surface area (Å²) in [5.74, 6) is -0.00993. The minimum Gasteiger partial charge on any atom is -0.480 e. The fourth-order valence-electron chi connectivity index (χ4n) is 1.89. The lowest BCUT2D eigenvalue weighted by Gasteiger charge is -2.25. The third kappa shape index (κ3) is 2.18. The Labute approximate surface area is 87.5 Å². The highest BCUT2D eigenvalue weighted by atomic mass is 16.4. The Kier molecular flexibility index (Phi) is 2.73. The molecular weight excluding hydrogens is 196 g/mol. The smallest absolute Gasteiger partial charge is 0.320 e. The molecule has 1 aliphatic heterocycles. The monoisotopic (exact) mass is 210 g/mol. The van der Waals surface area contributed by atoms with E-state index in [0.29, 0.717) is 18.9 Å². The van der Waals surface area contributed by atoms with Crippen molar-refractivity contribution < 1.29 is 14.3 Å². The Morgan fingerprint density at radius 2 is 2.53 bits per heavy atom. The summed E-state index contributed by atoms with van der Waals surface area (Å²) in [6.45, 7) is 2.56. The van der Waals surface area contributed by atoms with Crippen molar-refractivity contribution in [2.45, 2.75) is 31.7 Å². The molecule has 1 aromatic heterocycles. The molecule has 0 bridgehead atoms. The molecule has 0 spiro atoms. The van der Waals surface area contributed by atoms with E-state index in [2.05, 4.69) is 10.3 Å². The van der Waals surface area contributed by atoms with E-state index < -0.39 is 12.0 Å². The number of carboxylic acids is 1. The topological polar surface area (TPSA) is 75.4 Å². The molecule has 1 saturated heterocycles. The Morgan fingerprint density at radius 3 is 3.13 bits per heavy atom. The van der Waals surface area contributed by atoms with Crippen molar-refractivity contribution in [1.29, 1.82) is 0 Å². The summed E-state index contributed by atoms with van der Waals surface area (Å²) in [6.07, 6.45) is 3.03. The molecule has 0 saturated carbocycles. The van der Waals surface area contributed by atoms with Gasteiger partial charge in [-0.1, -0.05) is 0 Å². The number of rotatable bonds is 2. The molecule has 0 aliphatic carbocycles. The van der Waals surface area contributed by atoms with Crippen LogP contribution in [0.1, 0.15) is 30.3 Å². The van der Waals surface area contributed by atoms with E-state index in [4.69, 9.17) is 9.52 Å². The molecular formula is C10H14N2O3. The molecule has 1 fully saturated rings. The SMILES string of the molecule is Cc1coc(C2CCNC(C(=O)O)C2)n1. The number of aliphatic carboxylic acids is 1. The van der Waals surface area contributed by atoms with Gasteiger partial charge in [0.1, 0.15) is 12.3 Å². The first-order valence-corrected chi connectivity index (χ1v) is 5.05. The third-order valence-electron chi connectivity index (χ3n) is 2.69. The maximum Gasteiger partial charge on any atom is 0.320 e. The number of carbonyl (C=O) groups is 1. The molecule has 1 aliphatic rings. The number of nitrogens with zero attached hydrogens (tertiary/aromatic N) is 1. The molecule has 2 atom stereocenters. The van der Waals surface area contributed by atoms with Crippen LogP contribution in [0.2, 0.25) is 0 Å². The Bertz CT molecular complexity index is 361. The van der Waals surface area contributed by atoms with Gasteiger partial charge in [-0.15, -0.1) is 0 Å². The minimum atomic E-state index is -0.803. The Hall–Kier alpha value is -1.36. The van der Waals surface area contributed by atoms with Gasteiger partial charge in [-0.25, -0.2) is 4.98 Å². The summed E-state index contributed by atoms with van der Waals surface area (Å²) >= 11 is 0. The Balaban J connectivity index is 2.07. The Morgan fingerprint density at radius 1 is 1.73 bits per heavy atom. The van der Waals surface area contributed by atoms with Crippen molar-refractivity contribution in [3.63, 3.8) is 0 Å². The average Bonchev–Trinajstić information content (AvgIpc) is 2.65. The van der Waals surface area contributed by atoms with Crippen LogP contribution in [-0.2, 0) is 4.79 Å². The summed E-state index contributed by atoms with van der Waals surface area (Å²) in [6, 6.07) is -0.476. The van der Waals surface area contributed by atoms with Gasteiger partial charge in [0.05, 0.1) is 5.69 Å². The number of carboxylic acid groups (broad SMARTS) is 1. The number of oxazole rings is 1. The van der Waals surface area contributed by atoms with Gasteiger partial charge in [0.25, 0.3) is 0 Å². The van der Waals surface area contributed by atoms with Crippen LogP contribution in [0.15, 0.2) is 10.7 Å². The molecule has 2 rings (SSSR count). The van der Waals surface area contributed by atoms with Crippen molar-refractivity contribution >= 4 is 5.97 Å². The van der Waals surface area contributed by atoms with Gasteiger partial charge >= 0.3 is 5.97 Å². The number of hydrogen-bond acceptors (Lipinski definition) is 4. The van der Waals surface area contributed by atoms with Crippen LogP contribution in [-0.4, -0.2) is 28.6 Å². The molecule has 5 heteroatoms. The number of aromatic nitrogens is 1. The lowest BCUT2D eigenvalue weighted by Crippen LogP contribution is -2.42. The van der Waals surface area contributed by atoms with Crippen molar-refractivity contribution in [2.24, 2.45) is 0 Å². The number of hydrogen-bond donors (Lipinski definition) is 2. The van der Waals surface area contributed by atoms with Gasteiger partial charge in [-0.3, -0.25) is 4.79 Å². The van der Waals surface area contributed by atoms with Crippen LogP contribution in [0.4, 0.5) is 0 Å². The van der Waals surface area contributed by atoms with Crippen LogP contribution in [0.5, 0.6) is 0 Å². The van der Waals surface area contributed by atoms with Crippen molar-refractivity contribution in [3.05, 3.63) is 17.8 Å². The fraction of sp³-hybridized carbons (Fsp3) is 0.600. The van der Waals surface area contributed by atoms with Crippen LogP contribution in [0.25, 0.3) is 0 Å². The fourth-order valence-corrected chi connectivity index (χ4v) is 1.89. The van der Waals surface area contributed by atoms with Gasteiger partial charge in [0.15, 0.2) is 5.89 Å². The van der Waals surface area contributed by atoms with Crippen molar-refractivity contribution in [2.75, 3.05) is 6.54 Å². The number of piperidine rings is 1. The maximum absolute atomic E-state index is 10.8. The predicted octanol–water partition coefficient (Wildman–Crippen LogP) is 0.903. The zero-order valence-corrected chi connectivity index (χ0v) is 8.56. The molecule has 5 nitrogen and oxygen atoms in total. The summed E-state index contributed by atoms with van der Waals surface area (Å²) in [4.78, 5) is 15.1. The first kappa shape index (κ1) is 10.2. The summed E-state index contributed by atoms with van der Waals surface area (Å²) in [5, 5.41) is 11.9. The summed E-state index contributed by atoms with van der Waals surface area (Å²) in [7, 11) is 0. The van der Waals surface area contributed by atoms with E-state index in [-0.39, 0.29) is 5.92 Å². The summed E-state index contributed by atoms with van der Waals surface area (Å²) in [5.41, 5.74) is 0.843. The molecule has 0 amide bonds. The van der Waals surface area contributed by atoms with E-state index >= 15 is 0 Å². The molecule has 0 radical (unpaired) electrons. The molecule has 1 aromatic rings. The zero-order chi connectivity index (χ0) is 10.8. The molecule has 2 unspecified atom stereocenters. The van der Waals surface area contributed by atoms with Crippen molar-refractivity contribution in [1.82, 2.24) is 10.3 Å². The maximum atomic E-state index is 10.8. The molecule has 2 N–H and O–H groups in total. The van der Waals surface area contributed by atoms with Crippen molar-refractivity contribution in [3.8, 4) is 0 Å². The van der Waals surface area contributed by atoms with Gasteiger partial charge in [-0.05, 0) is 26.3 Å². The van der Waals surface area contributed by atoms with Crippen LogP contribution >= 0.6 is 0 Å². The second kappa shape index (κ2) is 4.02. The third-order valence-corrected chi connectivity index (χ3v) is 2.69. The van der Waals surface area contributed by atoms with Crippen LogP contribution in [0.3, 0.4) is 0 Å². The lowest BCUT2D eigenvalue weighted by molar-refractivity contribution is -0.140. The first-order valence-electron chi connectivity index (χ1n) is 5.05. The molecule has 15 heavy (non-hydrogen) atoms. The highest BCUT2D eigenvalue weighted by Gasteiger charge is 2.29. The second-order valence-corrected chi connectivity index (χ2v) is 3.89. The highest BCUT2D eigenvalue weighted by molar-refractivity contribution is 5.73. The van der Waals surface area contributed by atoms with Gasteiger partial charge < -0.3 is 14.8 Å². The minimum absolute atomic E-state index is 0.126. The van der Waals surface area contributed by atoms with Crippen LogP contribution in [0, 0.1) is 6.92 Å². The average molecular weight is 210 g/mol. The molecule has 0 aromatic carbocycles. The highest BCUT2D eigenvalue weighted by Crippen LogP contribution is 2.26. The number of nitrogens with one attached hydrogen (secondary N) is 1. The zero-order valence-electron chi connectivity index (χ0n) is 8.56. The van der Waals surface area contributed by atoms with Gasteiger partial charge in [-0.2, -0.15) is 0 Å². The quantitative estimate of drug-likeness (QED) is 0.758. The summed E-state index contributed by atoms with van der Waals surface area (Å²) < 4.78 is 5.30. The van der Waals surface area contributed by atoms with E-state index in [1.165, 1.54) is 0 Å².